The number of rotatable bonds is 4. The minimum absolute atomic E-state index is 0.0397. The van der Waals surface area contributed by atoms with Gasteiger partial charge in [0.15, 0.2) is 11.5 Å². The molecule has 3 rings (SSSR count). The van der Waals surface area contributed by atoms with E-state index in [4.69, 9.17) is 16.3 Å². The van der Waals surface area contributed by atoms with Gasteiger partial charge in [0.1, 0.15) is 5.52 Å². The predicted octanol–water partition coefficient (Wildman–Crippen LogP) is 4.68. The molecule has 7 heteroatoms. The molecule has 25 heavy (non-hydrogen) atoms. The van der Waals surface area contributed by atoms with Crippen LogP contribution >= 0.6 is 11.6 Å². The van der Waals surface area contributed by atoms with Gasteiger partial charge in [-0.05, 0) is 29.8 Å². The van der Waals surface area contributed by atoms with Crippen LogP contribution in [0.2, 0.25) is 5.02 Å². The lowest BCUT2D eigenvalue weighted by Crippen LogP contribution is -1.92. The Bertz CT molecular complexity index is 1000. The highest BCUT2D eigenvalue weighted by Gasteiger charge is 2.12. The highest BCUT2D eigenvalue weighted by Crippen LogP contribution is 2.35. The summed E-state index contributed by atoms with van der Waals surface area (Å²) in [5.41, 5.74) is 1.55. The SMILES string of the molecule is COc1cc(/C=C/c2ccc3cccc([N+](=O)[O-])c3n2)cc(Cl)c1O. The van der Waals surface area contributed by atoms with E-state index in [2.05, 4.69) is 4.98 Å². The molecular formula is C18H13ClN2O4. The van der Waals surface area contributed by atoms with Crippen LogP contribution in [0.5, 0.6) is 11.5 Å². The number of aromatic hydroxyl groups is 1. The van der Waals surface area contributed by atoms with E-state index < -0.39 is 4.92 Å². The van der Waals surface area contributed by atoms with Crippen LogP contribution in [0.1, 0.15) is 11.3 Å². The van der Waals surface area contributed by atoms with Gasteiger partial charge < -0.3 is 9.84 Å². The van der Waals surface area contributed by atoms with E-state index in [9.17, 15) is 15.2 Å². The molecule has 126 valence electrons. The number of nitrogens with zero attached hydrogens (tertiary/aromatic N) is 2. The zero-order valence-electron chi connectivity index (χ0n) is 13.1. The summed E-state index contributed by atoms with van der Waals surface area (Å²) in [4.78, 5) is 15.0. The number of nitro groups is 1. The highest BCUT2D eigenvalue weighted by atomic mass is 35.5. The molecule has 3 aromatic rings. The van der Waals surface area contributed by atoms with Gasteiger partial charge in [-0.1, -0.05) is 35.9 Å². The second-order valence-electron chi connectivity index (χ2n) is 5.23. The Labute approximate surface area is 148 Å². The Morgan fingerprint density at radius 2 is 2.04 bits per heavy atom. The Morgan fingerprint density at radius 1 is 1.24 bits per heavy atom. The van der Waals surface area contributed by atoms with Gasteiger partial charge in [0, 0.05) is 11.5 Å². The molecule has 0 saturated heterocycles. The van der Waals surface area contributed by atoms with Crippen molar-refractivity contribution in [3.8, 4) is 11.5 Å². The first-order valence-electron chi connectivity index (χ1n) is 7.28. The van der Waals surface area contributed by atoms with Gasteiger partial charge in [-0.15, -0.1) is 0 Å². The average Bonchev–Trinajstić information content (AvgIpc) is 2.61. The summed E-state index contributed by atoms with van der Waals surface area (Å²) >= 11 is 5.96. The molecule has 0 aliphatic carbocycles. The van der Waals surface area contributed by atoms with Crippen LogP contribution in [0.4, 0.5) is 5.69 Å². The second-order valence-corrected chi connectivity index (χ2v) is 5.64. The first kappa shape index (κ1) is 16.7. The molecule has 0 spiro atoms. The molecule has 0 aliphatic heterocycles. The van der Waals surface area contributed by atoms with Crippen LogP contribution in [-0.2, 0) is 0 Å². The van der Waals surface area contributed by atoms with Gasteiger partial charge in [0.2, 0.25) is 0 Å². The van der Waals surface area contributed by atoms with Crippen molar-refractivity contribution in [3.63, 3.8) is 0 Å². The lowest BCUT2D eigenvalue weighted by atomic mass is 10.1. The van der Waals surface area contributed by atoms with Gasteiger partial charge in [0.05, 0.1) is 22.7 Å². The van der Waals surface area contributed by atoms with Crippen molar-refractivity contribution in [2.75, 3.05) is 7.11 Å². The molecule has 1 heterocycles. The molecule has 0 unspecified atom stereocenters. The number of aromatic nitrogens is 1. The third kappa shape index (κ3) is 3.39. The maximum absolute atomic E-state index is 11.1. The molecule has 0 fully saturated rings. The quantitative estimate of drug-likeness (QED) is 0.541. The van der Waals surface area contributed by atoms with Crippen LogP contribution < -0.4 is 4.74 Å². The summed E-state index contributed by atoms with van der Waals surface area (Å²) < 4.78 is 5.06. The third-order valence-electron chi connectivity index (χ3n) is 3.63. The van der Waals surface area contributed by atoms with E-state index >= 15 is 0 Å². The Hall–Kier alpha value is -3.12. The second kappa shape index (κ2) is 6.78. The number of phenolic OH excluding ortho intramolecular Hbond substituents is 1. The van der Waals surface area contributed by atoms with Crippen LogP contribution in [0, 0.1) is 10.1 Å². The van der Waals surface area contributed by atoms with Gasteiger partial charge in [-0.3, -0.25) is 10.1 Å². The summed E-state index contributed by atoms with van der Waals surface area (Å²) in [6.07, 6.45) is 3.44. The van der Waals surface area contributed by atoms with Gasteiger partial charge in [-0.2, -0.15) is 0 Å². The van der Waals surface area contributed by atoms with Crippen molar-refractivity contribution in [2.24, 2.45) is 0 Å². The number of ether oxygens (including phenoxy) is 1. The van der Waals surface area contributed by atoms with E-state index in [0.29, 0.717) is 22.2 Å². The maximum atomic E-state index is 11.1. The maximum Gasteiger partial charge on any atom is 0.295 e. The molecule has 1 aromatic heterocycles. The van der Waals surface area contributed by atoms with Crippen LogP contribution in [0.15, 0.2) is 42.5 Å². The zero-order chi connectivity index (χ0) is 18.0. The van der Waals surface area contributed by atoms with Crippen molar-refractivity contribution in [1.29, 1.82) is 0 Å². The van der Waals surface area contributed by atoms with Gasteiger partial charge in [-0.25, -0.2) is 4.98 Å². The fourth-order valence-electron chi connectivity index (χ4n) is 2.41. The standard InChI is InChI=1S/C18H13ClN2O4/c1-25-16-10-11(9-14(19)18(16)22)5-7-13-8-6-12-3-2-4-15(21(23)24)17(12)20-13/h2-10,22H,1H3/b7-5+. The number of methoxy groups -OCH3 is 1. The molecule has 0 radical (unpaired) electrons. The lowest BCUT2D eigenvalue weighted by Gasteiger charge is -2.06. The minimum Gasteiger partial charge on any atom is -0.503 e. The van der Waals surface area contributed by atoms with Crippen molar-refractivity contribution >= 4 is 40.3 Å². The van der Waals surface area contributed by atoms with E-state index in [0.717, 1.165) is 0 Å². The largest absolute Gasteiger partial charge is 0.503 e. The summed E-state index contributed by atoms with van der Waals surface area (Å²) in [5, 5.41) is 21.8. The molecule has 0 aliphatic rings. The Balaban J connectivity index is 2.01. The molecule has 0 amide bonds. The number of phenols is 1. The molecule has 0 atom stereocenters. The van der Waals surface area contributed by atoms with E-state index in [1.807, 2.05) is 0 Å². The van der Waals surface area contributed by atoms with Crippen LogP contribution in [0.25, 0.3) is 23.1 Å². The predicted molar refractivity (Wildman–Crippen MR) is 97.0 cm³/mol. The number of non-ortho nitro benzene ring substituents is 1. The molecule has 0 bridgehead atoms. The monoisotopic (exact) mass is 356 g/mol. The number of hydrogen-bond donors (Lipinski definition) is 1. The van der Waals surface area contributed by atoms with Gasteiger partial charge in [0.25, 0.3) is 5.69 Å². The Kier molecular flexibility index (Phi) is 4.54. The number of halogens is 1. The molecule has 0 saturated carbocycles. The van der Waals surface area contributed by atoms with E-state index in [1.165, 1.54) is 13.2 Å². The molecular weight excluding hydrogens is 344 g/mol. The number of benzene rings is 2. The summed E-state index contributed by atoms with van der Waals surface area (Å²) in [6, 6.07) is 11.6. The smallest absolute Gasteiger partial charge is 0.295 e. The van der Waals surface area contributed by atoms with Gasteiger partial charge >= 0.3 is 0 Å². The fourth-order valence-corrected chi connectivity index (χ4v) is 2.63. The topological polar surface area (TPSA) is 85.5 Å². The summed E-state index contributed by atoms with van der Waals surface area (Å²) in [7, 11) is 1.43. The third-order valence-corrected chi connectivity index (χ3v) is 3.92. The van der Waals surface area contributed by atoms with Crippen LogP contribution in [0.3, 0.4) is 0 Å². The average molecular weight is 357 g/mol. The Morgan fingerprint density at radius 3 is 2.76 bits per heavy atom. The number of nitro benzene ring substituents is 1. The highest BCUT2D eigenvalue weighted by molar-refractivity contribution is 6.32. The minimum atomic E-state index is -0.451. The molecule has 2 aromatic carbocycles. The number of hydrogen-bond acceptors (Lipinski definition) is 5. The normalized spacial score (nSPS) is 11.1. The first-order chi connectivity index (χ1) is 12.0. The van der Waals surface area contributed by atoms with Crippen LogP contribution in [-0.4, -0.2) is 22.1 Å². The lowest BCUT2D eigenvalue weighted by molar-refractivity contribution is -0.383. The van der Waals surface area contributed by atoms with Crippen molar-refractivity contribution in [2.45, 2.75) is 0 Å². The van der Waals surface area contributed by atoms with E-state index in [-0.39, 0.29) is 22.2 Å². The number of fused-ring (bicyclic) bond motifs is 1. The van der Waals surface area contributed by atoms with E-state index in [1.54, 1.807) is 48.6 Å². The summed E-state index contributed by atoms with van der Waals surface area (Å²) in [5.74, 6) is 0.134. The molecule has 6 nitrogen and oxygen atoms in total. The number of para-hydroxylation sites is 1. The first-order valence-corrected chi connectivity index (χ1v) is 7.66. The zero-order valence-corrected chi connectivity index (χ0v) is 13.9. The van der Waals surface area contributed by atoms with Crippen molar-refractivity contribution < 1.29 is 14.8 Å². The van der Waals surface area contributed by atoms with Crippen molar-refractivity contribution in [1.82, 2.24) is 4.98 Å². The van der Waals surface area contributed by atoms with Crippen molar-refractivity contribution in [3.05, 3.63) is 68.9 Å². The number of pyridine rings is 1. The molecule has 1 N–H and O–H groups in total. The fraction of sp³-hybridized carbons (Fsp3) is 0.0556. The summed E-state index contributed by atoms with van der Waals surface area (Å²) in [6.45, 7) is 0.